The highest BCUT2D eigenvalue weighted by atomic mass is 15.1. The number of benzene rings is 1. The lowest BCUT2D eigenvalue weighted by molar-refractivity contribution is 0.772. The molecule has 82 valence electrons. The van der Waals surface area contributed by atoms with Crippen molar-refractivity contribution in [3.63, 3.8) is 0 Å². The third-order valence-corrected chi connectivity index (χ3v) is 3.10. The van der Waals surface area contributed by atoms with E-state index in [4.69, 9.17) is 5.73 Å². The Hall–Kier alpha value is -1.02. The molecule has 0 radical (unpaired) electrons. The standard InChI is InChI=1S/C13H20N2/c1-3-8-15-9-7-11-5-4-6-12(10(2)14)13(11)15/h4-6,10H,3,7-9,14H2,1-2H3. The summed E-state index contributed by atoms with van der Waals surface area (Å²) in [6.45, 7) is 6.61. The Balaban J connectivity index is 2.39. The Bertz CT molecular complexity index is 342. The molecule has 1 aliphatic rings. The number of hydrogen-bond donors (Lipinski definition) is 1. The molecule has 0 amide bonds. The van der Waals surface area contributed by atoms with Crippen LogP contribution in [-0.4, -0.2) is 13.1 Å². The Morgan fingerprint density at radius 3 is 2.93 bits per heavy atom. The molecule has 0 spiro atoms. The molecule has 1 heterocycles. The van der Waals surface area contributed by atoms with Gasteiger partial charge in [-0.3, -0.25) is 0 Å². The van der Waals surface area contributed by atoms with E-state index in [2.05, 4.69) is 36.9 Å². The highest BCUT2D eigenvalue weighted by Gasteiger charge is 2.22. The molecule has 15 heavy (non-hydrogen) atoms. The van der Waals surface area contributed by atoms with Crippen molar-refractivity contribution in [1.29, 1.82) is 0 Å². The molecular weight excluding hydrogens is 184 g/mol. The monoisotopic (exact) mass is 204 g/mol. The lowest BCUT2D eigenvalue weighted by Crippen LogP contribution is -2.23. The molecule has 0 fully saturated rings. The van der Waals surface area contributed by atoms with Gasteiger partial charge in [0.05, 0.1) is 0 Å². The zero-order valence-electron chi connectivity index (χ0n) is 9.66. The SMILES string of the molecule is CCCN1CCc2cccc(C(C)N)c21. The second-order valence-electron chi connectivity index (χ2n) is 4.38. The topological polar surface area (TPSA) is 29.3 Å². The van der Waals surface area contributed by atoms with Gasteiger partial charge in [-0.05, 0) is 30.9 Å². The molecule has 1 unspecified atom stereocenters. The van der Waals surface area contributed by atoms with Crippen molar-refractivity contribution in [2.75, 3.05) is 18.0 Å². The van der Waals surface area contributed by atoms with Crippen LogP contribution >= 0.6 is 0 Å². The number of anilines is 1. The van der Waals surface area contributed by atoms with Crippen molar-refractivity contribution in [3.8, 4) is 0 Å². The molecule has 2 heteroatoms. The Morgan fingerprint density at radius 2 is 2.27 bits per heavy atom. The summed E-state index contributed by atoms with van der Waals surface area (Å²) in [6, 6.07) is 6.67. The fourth-order valence-corrected chi connectivity index (χ4v) is 2.43. The van der Waals surface area contributed by atoms with E-state index in [-0.39, 0.29) is 6.04 Å². The summed E-state index contributed by atoms with van der Waals surface area (Å²) in [5.41, 5.74) is 10.2. The maximum Gasteiger partial charge on any atom is 0.0447 e. The van der Waals surface area contributed by atoms with E-state index in [1.165, 1.54) is 29.7 Å². The molecule has 2 rings (SSSR count). The first-order valence-electron chi connectivity index (χ1n) is 5.86. The van der Waals surface area contributed by atoms with Gasteiger partial charge in [-0.2, -0.15) is 0 Å². The number of nitrogens with zero attached hydrogens (tertiary/aromatic N) is 1. The van der Waals surface area contributed by atoms with Crippen LogP contribution in [0.15, 0.2) is 18.2 Å². The maximum absolute atomic E-state index is 6.02. The first-order chi connectivity index (χ1) is 7.24. The van der Waals surface area contributed by atoms with Crippen molar-refractivity contribution in [3.05, 3.63) is 29.3 Å². The molecule has 2 N–H and O–H groups in total. The molecule has 1 atom stereocenters. The van der Waals surface area contributed by atoms with Crippen LogP contribution in [0.1, 0.15) is 37.4 Å². The zero-order valence-corrected chi connectivity index (χ0v) is 9.66. The Kier molecular flexibility index (Phi) is 2.96. The van der Waals surface area contributed by atoms with Crippen LogP contribution < -0.4 is 10.6 Å². The van der Waals surface area contributed by atoms with Gasteiger partial charge in [0, 0.05) is 24.8 Å². The Morgan fingerprint density at radius 1 is 1.47 bits per heavy atom. The maximum atomic E-state index is 6.02. The lowest BCUT2D eigenvalue weighted by Gasteiger charge is -2.23. The van der Waals surface area contributed by atoms with Gasteiger partial charge in [0.25, 0.3) is 0 Å². The molecule has 0 saturated heterocycles. The highest BCUT2D eigenvalue weighted by Crippen LogP contribution is 2.34. The molecule has 2 nitrogen and oxygen atoms in total. The van der Waals surface area contributed by atoms with Crippen LogP contribution in [0.3, 0.4) is 0 Å². The molecule has 1 aromatic rings. The van der Waals surface area contributed by atoms with E-state index < -0.39 is 0 Å². The third kappa shape index (κ3) is 1.86. The van der Waals surface area contributed by atoms with E-state index in [1.807, 2.05) is 0 Å². The number of rotatable bonds is 3. The smallest absolute Gasteiger partial charge is 0.0447 e. The van der Waals surface area contributed by atoms with Gasteiger partial charge in [-0.1, -0.05) is 25.1 Å². The van der Waals surface area contributed by atoms with Gasteiger partial charge < -0.3 is 10.6 Å². The first kappa shape index (κ1) is 10.5. The van der Waals surface area contributed by atoms with Gasteiger partial charge in [0.1, 0.15) is 0 Å². The van der Waals surface area contributed by atoms with Crippen LogP contribution in [0.4, 0.5) is 5.69 Å². The summed E-state index contributed by atoms with van der Waals surface area (Å²) < 4.78 is 0. The number of nitrogens with two attached hydrogens (primary N) is 1. The number of fused-ring (bicyclic) bond motifs is 1. The van der Waals surface area contributed by atoms with Gasteiger partial charge in [0.2, 0.25) is 0 Å². The molecule has 1 aliphatic heterocycles. The van der Waals surface area contributed by atoms with Crippen LogP contribution in [-0.2, 0) is 6.42 Å². The third-order valence-electron chi connectivity index (χ3n) is 3.10. The minimum Gasteiger partial charge on any atom is -0.371 e. The average Bonchev–Trinajstić information content (AvgIpc) is 2.62. The zero-order chi connectivity index (χ0) is 10.8. The summed E-state index contributed by atoms with van der Waals surface area (Å²) in [4.78, 5) is 2.48. The predicted molar refractivity (Wildman–Crippen MR) is 65.3 cm³/mol. The normalized spacial score (nSPS) is 16.6. The van der Waals surface area contributed by atoms with Crippen molar-refractivity contribution < 1.29 is 0 Å². The number of para-hydroxylation sites is 1. The quantitative estimate of drug-likeness (QED) is 0.819. The van der Waals surface area contributed by atoms with Crippen LogP contribution in [0.5, 0.6) is 0 Å². The van der Waals surface area contributed by atoms with E-state index in [9.17, 15) is 0 Å². The second-order valence-corrected chi connectivity index (χ2v) is 4.38. The minimum absolute atomic E-state index is 0.136. The molecule has 0 bridgehead atoms. The van der Waals surface area contributed by atoms with E-state index in [1.54, 1.807) is 0 Å². The van der Waals surface area contributed by atoms with Gasteiger partial charge in [0.15, 0.2) is 0 Å². The fraction of sp³-hybridized carbons (Fsp3) is 0.538. The molecule has 0 aliphatic carbocycles. The Labute approximate surface area is 92.1 Å². The molecule has 0 saturated carbocycles. The largest absolute Gasteiger partial charge is 0.371 e. The summed E-state index contributed by atoms with van der Waals surface area (Å²) >= 11 is 0. The van der Waals surface area contributed by atoms with Crippen molar-refractivity contribution in [2.45, 2.75) is 32.7 Å². The van der Waals surface area contributed by atoms with Crippen LogP contribution in [0.2, 0.25) is 0 Å². The minimum atomic E-state index is 0.136. The van der Waals surface area contributed by atoms with Crippen LogP contribution in [0, 0.1) is 0 Å². The summed E-state index contributed by atoms with van der Waals surface area (Å²) in [5.74, 6) is 0. The second kappa shape index (κ2) is 4.23. The van der Waals surface area contributed by atoms with Crippen molar-refractivity contribution >= 4 is 5.69 Å². The van der Waals surface area contributed by atoms with Gasteiger partial charge in [-0.25, -0.2) is 0 Å². The van der Waals surface area contributed by atoms with Gasteiger partial charge in [-0.15, -0.1) is 0 Å². The van der Waals surface area contributed by atoms with Crippen LogP contribution in [0.25, 0.3) is 0 Å². The predicted octanol–water partition coefficient (Wildman–Crippen LogP) is 2.48. The first-order valence-corrected chi connectivity index (χ1v) is 5.86. The summed E-state index contributed by atoms with van der Waals surface area (Å²) in [5, 5.41) is 0. The molecular formula is C13H20N2. The highest BCUT2D eigenvalue weighted by molar-refractivity contribution is 5.64. The molecule has 0 aromatic heterocycles. The van der Waals surface area contributed by atoms with E-state index >= 15 is 0 Å². The van der Waals surface area contributed by atoms with Crippen molar-refractivity contribution in [2.24, 2.45) is 5.73 Å². The summed E-state index contributed by atoms with van der Waals surface area (Å²) in [6.07, 6.45) is 2.38. The average molecular weight is 204 g/mol. The lowest BCUT2D eigenvalue weighted by atomic mass is 10.0. The van der Waals surface area contributed by atoms with Gasteiger partial charge >= 0.3 is 0 Å². The molecule has 1 aromatic carbocycles. The van der Waals surface area contributed by atoms with E-state index in [0.29, 0.717) is 0 Å². The number of hydrogen-bond acceptors (Lipinski definition) is 2. The summed E-state index contributed by atoms with van der Waals surface area (Å²) in [7, 11) is 0. The fourth-order valence-electron chi connectivity index (χ4n) is 2.43. The van der Waals surface area contributed by atoms with Crippen molar-refractivity contribution in [1.82, 2.24) is 0 Å². The van der Waals surface area contributed by atoms with E-state index in [0.717, 1.165) is 13.1 Å².